The summed E-state index contributed by atoms with van der Waals surface area (Å²) in [6.07, 6.45) is 14.1. The summed E-state index contributed by atoms with van der Waals surface area (Å²) in [7, 11) is -0.458. The number of likely N-dealkylation sites (tertiary alicyclic amines) is 1. The Bertz CT molecular complexity index is 906. The molecule has 1 heterocycles. The molecule has 0 spiro atoms. The molecule has 2 fully saturated rings. The van der Waals surface area contributed by atoms with Crippen molar-refractivity contribution in [1.29, 1.82) is 0 Å². The van der Waals surface area contributed by atoms with Gasteiger partial charge in [0, 0.05) is 6.54 Å². The lowest BCUT2D eigenvalue weighted by Gasteiger charge is -2.40. The van der Waals surface area contributed by atoms with E-state index in [4.69, 9.17) is 4.74 Å². The van der Waals surface area contributed by atoms with Crippen molar-refractivity contribution in [3.8, 4) is 5.75 Å². The maximum atomic E-state index is 11.1. The van der Waals surface area contributed by atoms with Crippen LogP contribution in [0.5, 0.6) is 5.75 Å². The fourth-order valence-corrected chi connectivity index (χ4v) is 6.78. The molecule has 2 aromatic carbocycles. The van der Waals surface area contributed by atoms with E-state index in [9.17, 15) is 9.90 Å². The van der Waals surface area contributed by atoms with E-state index in [-0.39, 0.29) is 5.92 Å². The molecule has 1 saturated carbocycles. The summed E-state index contributed by atoms with van der Waals surface area (Å²) in [5.74, 6) is 0.172. The standard InChI is InChI=1S/C26H37NO3S/c1-31(2,3)25-10-8-23(9-11-25)30-24-7-6-21-16-19(4-5-22(21)17-24)18-27-14-12-20(13-15-27)26(28)29/h4-7,16-17,20,23,25H,8-15,18H2,1-3H3,(H,28,29)/t23-,25-. The van der Waals surface area contributed by atoms with Crippen LogP contribution in [-0.2, 0) is 11.3 Å². The van der Waals surface area contributed by atoms with Crippen LogP contribution in [0.25, 0.3) is 10.8 Å². The van der Waals surface area contributed by atoms with Gasteiger partial charge in [-0.05, 0) is 110 Å². The average molecular weight is 444 g/mol. The number of fused-ring (bicyclic) bond motifs is 1. The predicted molar refractivity (Wildman–Crippen MR) is 132 cm³/mol. The third-order valence-corrected chi connectivity index (χ3v) is 9.61. The molecule has 170 valence electrons. The van der Waals surface area contributed by atoms with Gasteiger partial charge in [-0.2, -0.15) is 0 Å². The van der Waals surface area contributed by atoms with Gasteiger partial charge in [-0.1, -0.05) is 18.2 Å². The van der Waals surface area contributed by atoms with Gasteiger partial charge in [0.2, 0.25) is 0 Å². The highest BCUT2D eigenvalue weighted by Gasteiger charge is 2.28. The van der Waals surface area contributed by atoms with E-state index in [0.29, 0.717) is 6.10 Å². The van der Waals surface area contributed by atoms with Crippen molar-refractivity contribution in [2.24, 2.45) is 5.92 Å². The number of benzene rings is 2. The van der Waals surface area contributed by atoms with Crippen molar-refractivity contribution in [1.82, 2.24) is 4.90 Å². The summed E-state index contributed by atoms with van der Waals surface area (Å²) in [6, 6.07) is 13.1. The first-order valence-corrected chi connectivity index (χ1v) is 14.5. The largest absolute Gasteiger partial charge is 0.490 e. The van der Waals surface area contributed by atoms with Crippen molar-refractivity contribution in [2.45, 2.75) is 56.4 Å². The average Bonchev–Trinajstić information content (AvgIpc) is 2.74. The first kappa shape index (κ1) is 22.5. The van der Waals surface area contributed by atoms with E-state index >= 15 is 0 Å². The molecule has 2 aromatic rings. The molecule has 0 atom stereocenters. The van der Waals surface area contributed by atoms with E-state index in [1.165, 1.54) is 42.0 Å². The Morgan fingerprint density at radius 2 is 1.61 bits per heavy atom. The lowest BCUT2D eigenvalue weighted by Crippen LogP contribution is -2.35. The molecule has 1 saturated heterocycles. The number of carbonyl (C=O) groups is 1. The Morgan fingerprint density at radius 1 is 0.968 bits per heavy atom. The van der Waals surface area contributed by atoms with Gasteiger partial charge < -0.3 is 9.84 Å². The molecular weight excluding hydrogens is 406 g/mol. The minimum absolute atomic E-state index is 0.170. The van der Waals surface area contributed by atoms with Crippen LogP contribution in [0, 0.1) is 5.92 Å². The Balaban J connectivity index is 1.34. The molecule has 1 aliphatic heterocycles. The predicted octanol–water partition coefficient (Wildman–Crippen LogP) is 5.52. The maximum Gasteiger partial charge on any atom is 0.306 e. The van der Waals surface area contributed by atoms with E-state index < -0.39 is 16.0 Å². The molecule has 0 radical (unpaired) electrons. The number of aliphatic carboxylic acids is 1. The van der Waals surface area contributed by atoms with Gasteiger partial charge in [0.25, 0.3) is 0 Å². The van der Waals surface area contributed by atoms with Crippen molar-refractivity contribution < 1.29 is 14.6 Å². The number of nitrogens with zero attached hydrogens (tertiary/aromatic N) is 1. The minimum Gasteiger partial charge on any atom is -0.490 e. The van der Waals surface area contributed by atoms with Crippen molar-refractivity contribution in [2.75, 3.05) is 31.9 Å². The molecule has 2 aliphatic rings. The van der Waals surface area contributed by atoms with E-state index in [1.54, 1.807) is 0 Å². The van der Waals surface area contributed by atoms with Gasteiger partial charge in [0.15, 0.2) is 0 Å². The second-order valence-corrected chi connectivity index (χ2v) is 14.7. The Hall–Kier alpha value is -1.72. The molecule has 4 nitrogen and oxygen atoms in total. The quantitative estimate of drug-likeness (QED) is 0.639. The summed E-state index contributed by atoms with van der Waals surface area (Å²) in [6.45, 7) is 2.61. The normalized spacial score (nSPS) is 24.2. The van der Waals surface area contributed by atoms with Gasteiger partial charge in [-0.25, -0.2) is 10.0 Å². The molecule has 31 heavy (non-hydrogen) atoms. The van der Waals surface area contributed by atoms with Crippen LogP contribution in [0.3, 0.4) is 0 Å². The monoisotopic (exact) mass is 443 g/mol. The summed E-state index contributed by atoms with van der Waals surface area (Å²) < 4.78 is 6.36. The van der Waals surface area contributed by atoms with Crippen LogP contribution >= 0.6 is 10.0 Å². The fourth-order valence-electron chi connectivity index (χ4n) is 5.09. The first-order valence-electron chi connectivity index (χ1n) is 11.6. The van der Waals surface area contributed by atoms with Crippen molar-refractivity contribution in [3.05, 3.63) is 42.0 Å². The highest BCUT2D eigenvalue weighted by Crippen LogP contribution is 2.48. The van der Waals surface area contributed by atoms with Gasteiger partial charge in [0.1, 0.15) is 5.75 Å². The number of carboxylic acid groups (broad SMARTS) is 1. The maximum absolute atomic E-state index is 11.1. The third-order valence-electron chi connectivity index (χ3n) is 7.14. The van der Waals surface area contributed by atoms with Crippen LogP contribution in [0.2, 0.25) is 0 Å². The van der Waals surface area contributed by atoms with E-state index in [0.717, 1.165) is 43.5 Å². The molecule has 0 aromatic heterocycles. The summed E-state index contributed by atoms with van der Waals surface area (Å²) >= 11 is 0. The number of hydrogen-bond donors (Lipinski definition) is 1. The zero-order chi connectivity index (χ0) is 22.0. The lowest BCUT2D eigenvalue weighted by molar-refractivity contribution is -0.143. The fraction of sp³-hybridized carbons (Fsp3) is 0.577. The zero-order valence-electron chi connectivity index (χ0n) is 19.2. The van der Waals surface area contributed by atoms with Gasteiger partial charge >= 0.3 is 5.97 Å². The zero-order valence-corrected chi connectivity index (χ0v) is 20.0. The number of ether oxygens (including phenoxy) is 1. The van der Waals surface area contributed by atoms with Crippen LogP contribution < -0.4 is 4.74 Å². The summed E-state index contributed by atoms with van der Waals surface area (Å²) in [4.78, 5) is 13.5. The van der Waals surface area contributed by atoms with Gasteiger partial charge in [-0.3, -0.25) is 9.69 Å². The van der Waals surface area contributed by atoms with E-state index in [2.05, 4.69) is 60.1 Å². The Kier molecular flexibility index (Phi) is 6.83. The van der Waals surface area contributed by atoms with Crippen LogP contribution in [0.15, 0.2) is 36.4 Å². The highest BCUT2D eigenvalue weighted by molar-refractivity contribution is 8.32. The second kappa shape index (κ2) is 9.41. The molecule has 0 bridgehead atoms. The molecular formula is C26H37NO3S. The first-order chi connectivity index (χ1) is 14.8. The van der Waals surface area contributed by atoms with Crippen LogP contribution in [0.4, 0.5) is 0 Å². The van der Waals surface area contributed by atoms with Crippen molar-refractivity contribution in [3.63, 3.8) is 0 Å². The van der Waals surface area contributed by atoms with Crippen LogP contribution in [0.1, 0.15) is 44.1 Å². The highest BCUT2D eigenvalue weighted by atomic mass is 32.3. The van der Waals surface area contributed by atoms with E-state index in [1.807, 2.05) is 0 Å². The Morgan fingerprint density at radius 3 is 2.26 bits per heavy atom. The molecule has 1 aliphatic carbocycles. The van der Waals surface area contributed by atoms with Gasteiger partial charge in [0.05, 0.1) is 12.0 Å². The number of rotatable bonds is 6. The second-order valence-electron chi connectivity index (χ2n) is 10.2. The molecule has 4 rings (SSSR count). The molecule has 0 unspecified atom stereocenters. The number of hydrogen-bond acceptors (Lipinski definition) is 3. The number of carboxylic acids is 1. The SMILES string of the molecule is CS(C)(C)[C@H]1CC[C@H](Oc2ccc3cc(CN4CCC(C(=O)O)CC4)ccc3c2)CC1. The summed E-state index contributed by atoms with van der Waals surface area (Å²) in [5.41, 5.74) is 1.29. The molecule has 0 amide bonds. The third kappa shape index (κ3) is 5.75. The summed E-state index contributed by atoms with van der Waals surface area (Å²) in [5, 5.41) is 12.5. The molecule has 1 N–H and O–H groups in total. The van der Waals surface area contributed by atoms with Gasteiger partial charge in [-0.15, -0.1) is 0 Å². The number of piperidine rings is 1. The molecule has 5 heteroatoms. The Labute approximate surface area is 188 Å². The minimum atomic E-state index is -0.647. The lowest BCUT2D eigenvalue weighted by atomic mass is 9.96. The topological polar surface area (TPSA) is 49.8 Å². The van der Waals surface area contributed by atoms with Crippen molar-refractivity contribution >= 4 is 26.8 Å². The van der Waals surface area contributed by atoms with Crippen LogP contribution in [-0.4, -0.2) is 59.2 Å². The smallest absolute Gasteiger partial charge is 0.306 e.